The molecule has 1 aliphatic rings. The molecule has 0 amide bonds. The van der Waals surface area contributed by atoms with Crippen LogP contribution in [0.4, 0.5) is 0 Å². The van der Waals surface area contributed by atoms with Crippen LogP contribution in [0, 0.1) is 5.41 Å². The molecule has 0 aromatic heterocycles. The van der Waals surface area contributed by atoms with Crippen molar-refractivity contribution in [3.8, 4) is 0 Å². The lowest BCUT2D eigenvalue weighted by Gasteiger charge is -2.18. The summed E-state index contributed by atoms with van der Waals surface area (Å²) in [5.41, 5.74) is 1.41. The van der Waals surface area contributed by atoms with Crippen LogP contribution in [0.15, 0.2) is 11.8 Å². The molecule has 0 saturated carbocycles. The Balaban J connectivity index is 2.93. The quantitative estimate of drug-likeness (QED) is 0.517. The molecule has 0 aromatic rings. The van der Waals surface area contributed by atoms with E-state index in [1.54, 1.807) is 0 Å². The predicted molar refractivity (Wildman–Crippen MR) is 43.3 cm³/mol. The van der Waals surface area contributed by atoms with E-state index in [0.29, 0.717) is 0 Å². The number of hydrogen-bond donors (Lipinski definition) is 1. The summed E-state index contributed by atoms with van der Waals surface area (Å²) in [6.45, 7) is 6.34. The highest BCUT2D eigenvalue weighted by Crippen LogP contribution is 2.30. The summed E-state index contributed by atoms with van der Waals surface area (Å²) in [5, 5.41) is 3.03. The maximum absolute atomic E-state index is 5.07. The fraction of sp³-hybridized carbons (Fsp3) is 0.571. The van der Waals surface area contributed by atoms with Gasteiger partial charge in [-0.1, -0.05) is 12.2 Å². The minimum absolute atomic E-state index is 0.0926. The number of thiocarbonyl (C=S) groups is 1. The molecule has 1 N–H and O–H groups in total. The van der Waals surface area contributed by atoms with Gasteiger partial charge in [0.1, 0.15) is 0 Å². The SMILES string of the molecule is CC1=CNC(=S)C1(C)C. The topological polar surface area (TPSA) is 12.0 Å². The molecule has 1 aliphatic heterocycles. The van der Waals surface area contributed by atoms with E-state index < -0.39 is 0 Å². The van der Waals surface area contributed by atoms with Crippen LogP contribution in [-0.2, 0) is 0 Å². The fourth-order valence-electron chi connectivity index (χ4n) is 0.714. The normalized spacial score (nSPS) is 23.4. The van der Waals surface area contributed by atoms with Crippen molar-refractivity contribution in [2.24, 2.45) is 5.41 Å². The Hall–Kier alpha value is -0.370. The molecular formula is C7H11NS. The van der Waals surface area contributed by atoms with E-state index in [9.17, 15) is 0 Å². The van der Waals surface area contributed by atoms with Gasteiger partial charge in [0, 0.05) is 11.6 Å². The van der Waals surface area contributed by atoms with Crippen molar-refractivity contribution >= 4 is 17.2 Å². The summed E-state index contributed by atoms with van der Waals surface area (Å²) >= 11 is 5.07. The van der Waals surface area contributed by atoms with Crippen LogP contribution in [0.1, 0.15) is 20.8 Å². The Bertz CT molecular complexity index is 179. The first-order valence-corrected chi connectivity index (χ1v) is 3.44. The van der Waals surface area contributed by atoms with Crippen LogP contribution >= 0.6 is 12.2 Å². The lowest BCUT2D eigenvalue weighted by Crippen LogP contribution is -2.25. The fourth-order valence-corrected chi connectivity index (χ4v) is 0.934. The lowest BCUT2D eigenvalue weighted by atomic mass is 9.88. The van der Waals surface area contributed by atoms with E-state index >= 15 is 0 Å². The van der Waals surface area contributed by atoms with Crippen molar-refractivity contribution in [1.29, 1.82) is 0 Å². The van der Waals surface area contributed by atoms with Gasteiger partial charge in [0.2, 0.25) is 0 Å². The molecule has 50 valence electrons. The van der Waals surface area contributed by atoms with E-state index in [4.69, 9.17) is 12.2 Å². The van der Waals surface area contributed by atoms with Gasteiger partial charge in [-0.15, -0.1) is 0 Å². The smallest absolute Gasteiger partial charge is 0.0891 e. The minimum atomic E-state index is 0.0926. The zero-order valence-corrected chi connectivity index (χ0v) is 6.80. The third-order valence-corrected chi connectivity index (χ3v) is 2.60. The molecule has 1 heterocycles. The summed E-state index contributed by atoms with van der Waals surface area (Å²) in [6.07, 6.45) is 1.97. The maximum Gasteiger partial charge on any atom is 0.0891 e. The van der Waals surface area contributed by atoms with Crippen molar-refractivity contribution in [2.45, 2.75) is 20.8 Å². The number of rotatable bonds is 0. The second-order valence-corrected chi connectivity index (χ2v) is 3.33. The third-order valence-electron chi connectivity index (χ3n) is 1.97. The summed E-state index contributed by atoms with van der Waals surface area (Å²) in [7, 11) is 0. The van der Waals surface area contributed by atoms with E-state index in [0.717, 1.165) is 4.99 Å². The Morgan fingerprint density at radius 3 is 2.22 bits per heavy atom. The standard InChI is InChI=1S/C7H11NS/c1-5-4-8-6(9)7(5,2)3/h4H,1-3H3,(H,8,9). The molecule has 0 radical (unpaired) electrons. The Morgan fingerprint density at radius 2 is 2.11 bits per heavy atom. The van der Waals surface area contributed by atoms with E-state index in [1.807, 2.05) is 6.20 Å². The van der Waals surface area contributed by atoms with Crippen molar-refractivity contribution < 1.29 is 0 Å². The van der Waals surface area contributed by atoms with Gasteiger partial charge in [-0.3, -0.25) is 0 Å². The number of nitrogens with one attached hydrogen (secondary N) is 1. The highest BCUT2D eigenvalue weighted by molar-refractivity contribution is 7.80. The summed E-state index contributed by atoms with van der Waals surface area (Å²) in [6, 6.07) is 0. The molecule has 0 bridgehead atoms. The molecule has 0 saturated heterocycles. The number of hydrogen-bond acceptors (Lipinski definition) is 1. The molecule has 0 spiro atoms. The highest BCUT2D eigenvalue weighted by Gasteiger charge is 2.29. The third kappa shape index (κ3) is 0.874. The maximum atomic E-state index is 5.07. The van der Waals surface area contributed by atoms with Gasteiger partial charge in [0.25, 0.3) is 0 Å². The molecular weight excluding hydrogens is 130 g/mol. The van der Waals surface area contributed by atoms with Gasteiger partial charge < -0.3 is 5.32 Å². The summed E-state index contributed by atoms with van der Waals surface area (Å²) in [5.74, 6) is 0. The average molecular weight is 141 g/mol. The zero-order chi connectivity index (χ0) is 7.07. The first-order valence-electron chi connectivity index (χ1n) is 3.03. The van der Waals surface area contributed by atoms with Gasteiger partial charge in [0.15, 0.2) is 0 Å². The van der Waals surface area contributed by atoms with Crippen LogP contribution in [0.5, 0.6) is 0 Å². The second-order valence-electron chi connectivity index (χ2n) is 2.93. The van der Waals surface area contributed by atoms with E-state index in [1.165, 1.54) is 5.57 Å². The Morgan fingerprint density at radius 1 is 1.56 bits per heavy atom. The van der Waals surface area contributed by atoms with Crippen molar-refractivity contribution in [2.75, 3.05) is 0 Å². The Labute approximate surface area is 61.1 Å². The van der Waals surface area contributed by atoms with Crippen molar-refractivity contribution in [1.82, 2.24) is 5.32 Å². The monoisotopic (exact) mass is 141 g/mol. The van der Waals surface area contributed by atoms with E-state index in [-0.39, 0.29) is 5.41 Å². The van der Waals surface area contributed by atoms with Crippen molar-refractivity contribution in [3.63, 3.8) is 0 Å². The van der Waals surface area contributed by atoms with Gasteiger partial charge in [-0.25, -0.2) is 0 Å². The van der Waals surface area contributed by atoms with Gasteiger partial charge in [-0.2, -0.15) is 0 Å². The van der Waals surface area contributed by atoms with Crippen LogP contribution in [0.3, 0.4) is 0 Å². The first kappa shape index (κ1) is 6.75. The molecule has 9 heavy (non-hydrogen) atoms. The molecule has 0 fully saturated rings. The summed E-state index contributed by atoms with van der Waals surface area (Å²) < 4.78 is 0. The van der Waals surface area contributed by atoms with Crippen molar-refractivity contribution in [3.05, 3.63) is 11.8 Å². The molecule has 0 atom stereocenters. The largest absolute Gasteiger partial charge is 0.356 e. The predicted octanol–water partition coefficient (Wildman–Crippen LogP) is 1.85. The van der Waals surface area contributed by atoms with Crippen LogP contribution in [0.25, 0.3) is 0 Å². The molecule has 0 unspecified atom stereocenters. The first-order chi connectivity index (χ1) is 4.05. The minimum Gasteiger partial charge on any atom is -0.356 e. The Kier molecular flexibility index (Phi) is 1.35. The molecule has 1 rings (SSSR count). The molecule has 2 heteroatoms. The average Bonchev–Trinajstić information content (AvgIpc) is 1.96. The molecule has 0 aliphatic carbocycles. The zero-order valence-electron chi connectivity index (χ0n) is 5.99. The van der Waals surface area contributed by atoms with Gasteiger partial charge in [-0.05, 0) is 26.3 Å². The molecule has 1 nitrogen and oxygen atoms in total. The second kappa shape index (κ2) is 1.81. The lowest BCUT2D eigenvalue weighted by molar-refractivity contribution is 0.646. The van der Waals surface area contributed by atoms with Gasteiger partial charge >= 0.3 is 0 Å². The highest BCUT2D eigenvalue weighted by atomic mass is 32.1. The van der Waals surface area contributed by atoms with Crippen LogP contribution < -0.4 is 5.32 Å². The molecule has 0 aromatic carbocycles. The summed E-state index contributed by atoms with van der Waals surface area (Å²) in [4.78, 5) is 0.931. The van der Waals surface area contributed by atoms with Gasteiger partial charge in [0.05, 0.1) is 4.99 Å². The van der Waals surface area contributed by atoms with E-state index in [2.05, 4.69) is 26.1 Å². The van der Waals surface area contributed by atoms with Crippen LogP contribution in [-0.4, -0.2) is 4.99 Å². The van der Waals surface area contributed by atoms with Crippen LogP contribution in [0.2, 0.25) is 0 Å².